The van der Waals surface area contributed by atoms with E-state index in [0.29, 0.717) is 16.3 Å². The summed E-state index contributed by atoms with van der Waals surface area (Å²) in [6.45, 7) is 0. The molecule has 0 aliphatic carbocycles. The van der Waals surface area contributed by atoms with Crippen LogP contribution in [0.15, 0.2) is 34.1 Å². The Morgan fingerprint density at radius 3 is 2.65 bits per heavy atom. The highest BCUT2D eigenvalue weighted by Crippen LogP contribution is 2.35. The quantitative estimate of drug-likeness (QED) is 0.909. The van der Waals surface area contributed by atoms with E-state index in [1.165, 1.54) is 11.3 Å². The molecule has 17 heavy (non-hydrogen) atoms. The lowest BCUT2D eigenvalue weighted by Crippen LogP contribution is -1.98. The van der Waals surface area contributed by atoms with Gasteiger partial charge in [0.15, 0.2) is 0 Å². The fraction of sp³-hybridized carbons (Fsp3) is 0.167. The minimum absolute atomic E-state index is 0.501. The molecule has 2 nitrogen and oxygen atoms in total. The maximum atomic E-state index is 10.2. The van der Waals surface area contributed by atoms with Gasteiger partial charge >= 0.3 is 0 Å². The summed E-state index contributed by atoms with van der Waals surface area (Å²) in [5.41, 5.74) is 0.682. The molecule has 1 heterocycles. The zero-order valence-electron chi connectivity index (χ0n) is 8.98. The van der Waals surface area contributed by atoms with Gasteiger partial charge in [-0.2, -0.15) is 0 Å². The molecule has 2 rings (SSSR count). The van der Waals surface area contributed by atoms with Crippen LogP contribution in [-0.4, -0.2) is 12.2 Å². The monoisotopic (exact) mass is 332 g/mol. The summed E-state index contributed by atoms with van der Waals surface area (Å²) in [6.07, 6.45) is -0.704. The molecule has 1 aromatic carbocycles. The van der Waals surface area contributed by atoms with Crippen molar-refractivity contribution < 1.29 is 9.84 Å². The predicted molar refractivity (Wildman–Crippen MR) is 74.1 cm³/mol. The van der Waals surface area contributed by atoms with E-state index in [9.17, 15) is 5.11 Å². The number of thiophene rings is 1. The summed E-state index contributed by atoms with van der Waals surface area (Å²) in [6, 6.07) is 9.04. The summed E-state index contributed by atoms with van der Waals surface area (Å²) < 4.78 is 6.05. The van der Waals surface area contributed by atoms with Gasteiger partial charge in [-0.25, -0.2) is 0 Å². The van der Waals surface area contributed by atoms with Crippen molar-refractivity contribution in [3.63, 3.8) is 0 Å². The summed E-state index contributed by atoms with van der Waals surface area (Å²) in [7, 11) is 1.58. The van der Waals surface area contributed by atoms with E-state index in [2.05, 4.69) is 15.9 Å². The van der Waals surface area contributed by atoms with Crippen LogP contribution < -0.4 is 4.74 Å². The Kier molecular flexibility index (Phi) is 4.09. The molecule has 1 N–H and O–H groups in total. The Bertz CT molecular complexity index is 527. The number of aliphatic hydroxyl groups is 1. The number of ether oxygens (including phenoxy) is 1. The van der Waals surface area contributed by atoms with Gasteiger partial charge in [0.2, 0.25) is 0 Å². The lowest BCUT2D eigenvalue weighted by atomic mass is 10.1. The van der Waals surface area contributed by atoms with Gasteiger partial charge in [0.05, 0.1) is 15.9 Å². The molecule has 0 aliphatic rings. The molecule has 0 spiro atoms. The fourth-order valence-electron chi connectivity index (χ4n) is 1.49. The van der Waals surface area contributed by atoms with E-state index in [1.807, 2.05) is 12.1 Å². The number of rotatable bonds is 3. The topological polar surface area (TPSA) is 29.5 Å². The Morgan fingerprint density at radius 1 is 1.35 bits per heavy atom. The molecule has 1 aromatic heterocycles. The summed E-state index contributed by atoms with van der Waals surface area (Å²) >= 11 is 11.0. The van der Waals surface area contributed by atoms with Crippen molar-refractivity contribution in [2.75, 3.05) is 7.11 Å². The van der Waals surface area contributed by atoms with E-state index in [0.717, 1.165) is 8.66 Å². The van der Waals surface area contributed by atoms with Crippen LogP contribution in [0, 0.1) is 0 Å². The van der Waals surface area contributed by atoms with Gasteiger partial charge in [0, 0.05) is 10.4 Å². The molecule has 1 unspecified atom stereocenters. The van der Waals surface area contributed by atoms with Crippen LogP contribution in [0.25, 0.3) is 0 Å². The highest BCUT2D eigenvalue weighted by atomic mass is 79.9. The number of aliphatic hydroxyl groups excluding tert-OH is 1. The minimum Gasteiger partial charge on any atom is -0.497 e. The smallest absolute Gasteiger partial charge is 0.120 e. The van der Waals surface area contributed by atoms with Gasteiger partial charge in [-0.1, -0.05) is 17.7 Å². The predicted octanol–water partition coefficient (Wildman–Crippen LogP) is 4.25. The molecule has 0 aliphatic heterocycles. The molecule has 0 saturated heterocycles. The van der Waals surface area contributed by atoms with Crippen molar-refractivity contribution in [1.29, 1.82) is 0 Å². The van der Waals surface area contributed by atoms with Gasteiger partial charge in [0.1, 0.15) is 11.9 Å². The van der Waals surface area contributed by atoms with Crippen molar-refractivity contribution >= 4 is 38.9 Å². The van der Waals surface area contributed by atoms with E-state index in [4.69, 9.17) is 16.3 Å². The van der Waals surface area contributed by atoms with E-state index in [1.54, 1.807) is 25.3 Å². The number of methoxy groups -OCH3 is 1. The van der Waals surface area contributed by atoms with E-state index in [-0.39, 0.29) is 0 Å². The van der Waals surface area contributed by atoms with Crippen LogP contribution in [-0.2, 0) is 0 Å². The highest BCUT2D eigenvalue weighted by Gasteiger charge is 2.16. The zero-order valence-corrected chi connectivity index (χ0v) is 12.1. The lowest BCUT2D eigenvalue weighted by molar-refractivity contribution is 0.224. The Balaban J connectivity index is 2.34. The molecule has 0 radical (unpaired) electrons. The van der Waals surface area contributed by atoms with Crippen molar-refractivity contribution in [1.82, 2.24) is 0 Å². The first-order valence-corrected chi connectivity index (χ1v) is 6.87. The third-order valence-corrected chi connectivity index (χ3v) is 4.37. The number of benzene rings is 1. The first-order chi connectivity index (χ1) is 8.11. The number of hydrogen-bond acceptors (Lipinski definition) is 3. The molecule has 90 valence electrons. The van der Waals surface area contributed by atoms with Crippen LogP contribution >= 0.6 is 38.9 Å². The second kappa shape index (κ2) is 5.40. The Hall–Kier alpha value is -0.550. The second-order valence-corrected chi connectivity index (χ2v) is 6.33. The van der Waals surface area contributed by atoms with Crippen molar-refractivity contribution in [2.24, 2.45) is 0 Å². The van der Waals surface area contributed by atoms with Crippen LogP contribution in [0.1, 0.15) is 16.5 Å². The third-order valence-electron chi connectivity index (χ3n) is 2.37. The van der Waals surface area contributed by atoms with Crippen molar-refractivity contribution in [2.45, 2.75) is 6.10 Å². The van der Waals surface area contributed by atoms with Crippen LogP contribution in [0.5, 0.6) is 5.75 Å². The molecule has 0 amide bonds. The van der Waals surface area contributed by atoms with Gasteiger partial charge in [-0.05, 0) is 40.2 Å². The number of halogens is 2. The largest absolute Gasteiger partial charge is 0.497 e. The maximum Gasteiger partial charge on any atom is 0.120 e. The average molecular weight is 334 g/mol. The summed E-state index contributed by atoms with van der Waals surface area (Å²) in [5.74, 6) is 0.679. The standard InChI is InChI=1S/C12H10BrClO2S/c1-16-7-2-3-8(9(14)6-7)12(15)10-4-5-11(13)17-10/h2-6,12,15H,1H3. The first kappa shape index (κ1) is 12.9. The molecule has 0 fully saturated rings. The van der Waals surface area contributed by atoms with Gasteiger partial charge in [-0.15, -0.1) is 11.3 Å². The zero-order chi connectivity index (χ0) is 12.4. The summed E-state index contributed by atoms with van der Waals surface area (Å²) in [5, 5.41) is 10.7. The Morgan fingerprint density at radius 2 is 2.12 bits per heavy atom. The highest BCUT2D eigenvalue weighted by molar-refractivity contribution is 9.11. The third kappa shape index (κ3) is 2.83. The molecule has 2 aromatic rings. The van der Waals surface area contributed by atoms with Gasteiger partial charge in [0.25, 0.3) is 0 Å². The molecular formula is C12H10BrClO2S. The van der Waals surface area contributed by atoms with E-state index >= 15 is 0 Å². The van der Waals surface area contributed by atoms with Gasteiger partial charge < -0.3 is 9.84 Å². The minimum atomic E-state index is -0.704. The molecule has 1 atom stereocenters. The lowest BCUT2D eigenvalue weighted by Gasteiger charge is -2.11. The van der Waals surface area contributed by atoms with E-state index < -0.39 is 6.10 Å². The first-order valence-electron chi connectivity index (χ1n) is 4.88. The maximum absolute atomic E-state index is 10.2. The van der Waals surface area contributed by atoms with Crippen LogP contribution in [0.3, 0.4) is 0 Å². The second-order valence-electron chi connectivity index (χ2n) is 3.43. The number of hydrogen-bond donors (Lipinski definition) is 1. The molecule has 5 heteroatoms. The summed E-state index contributed by atoms with van der Waals surface area (Å²) in [4.78, 5) is 0.851. The van der Waals surface area contributed by atoms with Crippen molar-refractivity contribution in [3.8, 4) is 5.75 Å². The normalized spacial score (nSPS) is 12.5. The molecular weight excluding hydrogens is 324 g/mol. The SMILES string of the molecule is COc1ccc(C(O)c2ccc(Br)s2)c(Cl)c1. The molecule has 0 saturated carbocycles. The Labute approximate surface area is 117 Å². The van der Waals surface area contributed by atoms with Crippen LogP contribution in [0.4, 0.5) is 0 Å². The van der Waals surface area contributed by atoms with Crippen molar-refractivity contribution in [3.05, 3.63) is 49.6 Å². The fourth-order valence-corrected chi connectivity index (χ4v) is 3.19. The van der Waals surface area contributed by atoms with Crippen LogP contribution in [0.2, 0.25) is 5.02 Å². The molecule has 0 bridgehead atoms. The average Bonchev–Trinajstić information content (AvgIpc) is 2.75. The van der Waals surface area contributed by atoms with Gasteiger partial charge in [-0.3, -0.25) is 0 Å².